The van der Waals surface area contributed by atoms with Crippen molar-refractivity contribution in [3.8, 4) is 17.6 Å². The van der Waals surface area contributed by atoms with E-state index in [9.17, 15) is 4.39 Å². The van der Waals surface area contributed by atoms with E-state index >= 15 is 0 Å². The molecular formula is C17H16FN3O. The molecule has 0 aliphatic carbocycles. The van der Waals surface area contributed by atoms with Crippen LogP contribution in [0.4, 0.5) is 10.2 Å². The second kappa shape index (κ2) is 6.02. The minimum Gasteiger partial charge on any atom is -0.457 e. The molecule has 112 valence electrons. The summed E-state index contributed by atoms with van der Waals surface area (Å²) in [5, 5.41) is 8.97. The molecule has 1 aliphatic heterocycles. The molecule has 0 N–H and O–H groups in total. The molecule has 1 aromatic heterocycles. The Hall–Kier alpha value is -2.61. The Morgan fingerprint density at radius 1 is 1.32 bits per heavy atom. The fourth-order valence-corrected chi connectivity index (χ4v) is 2.48. The Morgan fingerprint density at radius 3 is 2.86 bits per heavy atom. The van der Waals surface area contributed by atoms with E-state index in [1.165, 1.54) is 6.07 Å². The first-order valence-corrected chi connectivity index (χ1v) is 7.20. The molecule has 1 aromatic carbocycles. The van der Waals surface area contributed by atoms with Crippen LogP contribution in [0, 0.1) is 30.0 Å². The predicted octanol–water partition coefficient (Wildman–Crippen LogP) is 3.67. The smallest absolute Gasteiger partial charge is 0.132 e. The molecular weight excluding hydrogens is 281 g/mol. The average molecular weight is 297 g/mol. The Morgan fingerprint density at radius 2 is 2.14 bits per heavy atom. The number of ether oxygens (including phenoxy) is 1. The minimum absolute atomic E-state index is 0.0533. The van der Waals surface area contributed by atoms with Gasteiger partial charge in [0.1, 0.15) is 23.1 Å². The van der Waals surface area contributed by atoms with Gasteiger partial charge in [0.2, 0.25) is 0 Å². The molecule has 1 atom stereocenters. The number of rotatable bonds is 3. The molecule has 1 fully saturated rings. The molecule has 0 spiro atoms. The van der Waals surface area contributed by atoms with Gasteiger partial charge in [-0.1, -0.05) is 6.07 Å². The molecule has 5 heteroatoms. The molecule has 3 rings (SSSR count). The maximum Gasteiger partial charge on any atom is 0.132 e. The van der Waals surface area contributed by atoms with Gasteiger partial charge in [-0.2, -0.15) is 5.26 Å². The summed E-state index contributed by atoms with van der Waals surface area (Å²) in [6.07, 6.45) is 2.52. The summed E-state index contributed by atoms with van der Waals surface area (Å²) in [6, 6.07) is 10.6. The number of anilines is 1. The van der Waals surface area contributed by atoms with Crippen molar-refractivity contribution in [2.75, 3.05) is 18.0 Å². The molecule has 4 nitrogen and oxygen atoms in total. The summed E-state index contributed by atoms with van der Waals surface area (Å²) in [5.74, 6) is 1.61. The van der Waals surface area contributed by atoms with Gasteiger partial charge in [0.15, 0.2) is 0 Å². The van der Waals surface area contributed by atoms with Gasteiger partial charge in [0.05, 0.1) is 12.0 Å². The fourth-order valence-electron chi connectivity index (χ4n) is 2.48. The number of nitrogens with zero attached hydrogens (tertiary/aromatic N) is 3. The van der Waals surface area contributed by atoms with Crippen molar-refractivity contribution in [2.24, 2.45) is 5.92 Å². The molecule has 0 saturated carbocycles. The maximum atomic E-state index is 13.6. The summed E-state index contributed by atoms with van der Waals surface area (Å²) in [7, 11) is 0. The molecule has 2 heterocycles. The highest BCUT2D eigenvalue weighted by Gasteiger charge is 2.23. The first-order chi connectivity index (χ1) is 10.7. The summed E-state index contributed by atoms with van der Waals surface area (Å²) in [6.45, 7) is 3.21. The highest BCUT2D eigenvalue weighted by Crippen LogP contribution is 2.28. The van der Waals surface area contributed by atoms with E-state index in [4.69, 9.17) is 10.00 Å². The zero-order valence-electron chi connectivity index (χ0n) is 12.3. The van der Waals surface area contributed by atoms with Crippen molar-refractivity contribution in [2.45, 2.75) is 13.3 Å². The number of hydrogen-bond acceptors (Lipinski definition) is 4. The Kier molecular flexibility index (Phi) is 3.92. The number of aromatic nitrogens is 1. The van der Waals surface area contributed by atoms with E-state index in [-0.39, 0.29) is 11.7 Å². The lowest BCUT2D eigenvalue weighted by Crippen LogP contribution is -2.20. The van der Waals surface area contributed by atoms with E-state index < -0.39 is 0 Å². The minimum atomic E-state index is -0.289. The molecule has 1 unspecified atom stereocenters. The Bertz CT molecular complexity index is 726. The molecule has 2 aromatic rings. The van der Waals surface area contributed by atoms with Crippen LogP contribution in [-0.4, -0.2) is 18.1 Å². The van der Waals surface area contributed by atoms with Gasteiger partial charge in [-0.25, -0.2) is 9.37 Å². The van der Waals surface area contributed by atoms with Crippen LogP contribution >= 0.6 is 0 Å². The van der Waals surface area contributed by atoms with E-state index in [2.05, 4.69) is 16.0 Å². The van der Waals surface area contributed by atoms with Gasteiger partial charge in [-0.05, 0) is 31.0 Å². The van der Waals surface area contributed by atoms with Crippen molar-refractivity contribution < 1.29 is 9.13 Å². The van der Waals surface area contributed by atoms with Gasteiger partial charge in [0.25, 0.3) is 0 Å². The molecule has 0 amide bonds. The van der Waals surface area contributed by atoms with E-state index in [1.54, 1.807) is 31.3 Å². The predicted molar refractivity (Wildman–Crippen MR) is 81.4 cm³/mol. The van der Waals surface area contributed by atoms with Crippen molar-refractivity contribution >= 4 is 5.82 Å². The molecule has 0 radical (unpaired) electrons. The second-order valence-electron chi connectivity index (χ2n) is 5.42. The van der Waals surface area contributed by atoms with Gasteiger partial charge in [0, 0.05) is 31.4 Å². The highest BCUT2D eigenvalue weighted by atomic mass is 19.1. The lowest BCUT2D eigenvalue weighted by Gasteiger charge is -2.17. The van der Waals surface area contributed by atoms with E-state index in [1.807, 2.05) is 6.07 Å². The standard InChI is InChI=1S/C17H16FN3O/c1-12-2-3-14(8-16(12)18)22-15-4-6-20-17(9-15)21-7-5-13(10-19)11-21/h2-4,6,8-9,13H,5,7,11H2,1H3. The summed E-state index contributed by atoms with van der Waals surface area (Å²) in [5.41, 5.74) is 0.586. The van der Waals surface area contributed by atoms with Gasteiger partial charge >= 0.3 is 0 Å². The Balaban J connectivity index is 1.77. The second-order valence-corrected chi connectivity index (χ2v) is 5.42. The van der Waals surface area contributed by atoms with Gasteiger partial charge in [-0.3, -0.25) is 0 Å². The molecule has 22 heavy (non-hydrogen) atoms. The number of benzene rings is 1. The maximum absolute atomic E-state index is 13.6. The van der Waals surface area contributed by atoms with Crippen molar-refractivity contribution in [3.05, 3.63) is 47.9 Å². The lowest BCUT2D eigenvalue weighted by atomic mass is 10.1. The SMILES string of the molecule is Cc1ccc(Oc2ccnc(N3CCC(C#N)C3)c2)cc1F. The number of nitriles is 1. The Labute approximate surface area is 128 Å². The highest BCUT2D eigenvalue weighted by molar-refractivity contribution is 5.46. The molecule has 1 aliphatic rings. The fraction of sp³-hybridized carbons (Fsp3) is 0.294. The first-order valence-electron chi connectivity index (χ1n) is 7.20. The largest absolute Gasteiger partial charge is 0.457 e. The number of pyridine rings is 1. The van der Waals surface area contributed by atoms with Crippen LogP contribution < -0.4 is 9.64 Å². The zero-order valence-corrected chi connectivity index (χ0v) is 12.3. The number of halogens is 1. The summed E-state index contributed by atoms with van der Waals surface area (Å²) >= 11 is 0. The van der Waals surface area contributed by atoms with Crippen LogP contribution in [0.5, 0.6) is 11.5 Å². The topological polar surface area (TPSA) is 49.1 Å². The van der Waals surface area contributed by atoms with Gasteiger partial charge < -0.3 is 9.64 Å². The van der Waals surface area contributed by atoms with Crippen LogP contribution in [-0.2, 0) is 0 Å². The average Bonchev–Trinajstić information content (AvgIpc) is 3.00. The van der Waals surface area contributed by atoms with Crippen LogP contribution in [0.25, 0.3) is 0 Å². The summed E-state index contributed by atoms with van der Waals surface area (Å²) < 4.78 is 19.3. The van der Waals surface area contributed by atoms with Gasteiger partial charge in [-0.15, -0.1) is 0 Å². The van der Waals surface area contributed by atoms with Crippen molar-refractivity contribution in [3.63, 3.8) is 0 Å². The summed E-state index contributed by atoms with van der Waals surface area (Å²) in [4.78, 5) is 6.39. The third-order valence-electron chi connectivity index (χ3n) is 3.79. The first kappa shape index (κ1) is 14.3. The number of aryl methyl sites for hydroxylation is 1. The quantitative estimate of drug-likeness (QED) is 0.867. The van der Waals surface area contributed by atoms with E-state index in [0.717, 1.165) is 18.8 Å². The zero-order chi connectivity index (χ0) is 15.5. The van der Waals surface area contributed by atoms with Crippen LogP contribution in [0.1, 0.15) is 12.0 Å². The molecule has 0 bridgehead atoms. The monoisotopic (exact) mass is 297 g/mol. The number of hydrogen-bond donors (Lipinski definition) is 0. The van der Waals surface area contributed by atoms with Crippen LogP contribution in [0.2, 0.25) is 0 Å². The van der Waals surface area contributed by atoms with Crippen molar-refractivity contribution in [1.29, 1.82) is 5.26 Å². The van der Waals surface area contributed by atoms with E-state index in [0.29, 0.717) is 23.6 Å². The lowest BCUT2D eigenvalue weighted by molar-refractivity contribution is 0.475. The van der Waals surface area contributed by atoms with Crippen LogP contribution in [0.15, 0.2) is 36.5 Å². The third-order valence-corrected chi connectivity index (χ3v) is 3.79. The molecule has 1 saturated heterocycles. The normalized spacial score (nSPS) is 17.3. The van der Waals surface area contributed by atoms with Crippen LogP contribution in [0.3, 0.4) is 0 Å². The van der Waals surface area contributed by atoms with Crippen molar-refractivity contribution in [1.82, 2.24) is 4.98 Å². The third kappa shape index (κ3) is 3.01.